The third-order valence-corrected chi connectivity index (χ3v) is 4.46. The molecule has 0 bridgehead atoms. The van der Waals surface area contributed by atoms with Crippen LogP contribution in [-0.4, -0.2) is 28.6 Å². The van der Waals surface area contributed by atoms with E-state index >= 15 is 0 Å². The van der Waals surface area contributed by atoms with E-state index in [0.29, 0.717) is 6.42 Å². The highest BCUT2D eigenvalue weighted by molar-refractivity contribution is 7.99. The summed E-state index contributed by atoms with van der Waals surface area (Å²) in [4.78, 5) is 15.5. The Bertz CT molecular complexity index is 446. The van der Waals surface area contributed by atoms with E-state index in [9.17, 15) is 4.79 Å². The largest absolute Gasteiger partial charge is 0.338 e. The van der Waals surface area contributed by atoms with Crippen molar-refractivity contribution in [3.8, 4) is 0 Å². The van der Waals surface area contributed by atoms with Gasteiger partial charge in [-0.1, -0.05) is 6.07 Å². The second kappa shape index (κ2) is 7.72. The highest BCUT2D eigenvalue weighted by Gasteiger charge is 2.19. The molecule has 0 unspecified atom stereocenters. The van der Waals surface area contributed by atoms with Crippen LogP contribution in [0.1, 0.15) is 45.2 Å². The fourth-order valence-electron chi connectivity index (χ4n) is 2.36. The van der Waals surface area contributed by atoms with Crippen molar-refractivity contribution in [1.82, 2.24) is 4.90 Å². The van der Waals surface area contributed by atoms with Gasteiger partial charge in [0.25, 0.3) is 0 Å². The second-order valence-corrected chi connectivity index (χ2v) is 7.00. The monoisotopic (exact) mass is 293 g/mol. The van der Waals surface area contributed by atoms with Crippen LogP contribution in [-0.2, 0) is 4.79 Å². The van der Waals surface area contributed by atoms with Gasteiger partial charge in [-0.25, -0.2) is 0 Å². The fourth-order valence-corrected chi connectivity index (χ4v) is 3.30. The van der Waals surface area contributed by atoms with E-state index in [2.05, 4.69) is 59.7 Å². The number of carbonyl (C=O) groups excluding carboxylic acids is 1. The molecule has 1 aromatic carbocycles. The third-order valence-electron chi connectivity index (χ3n) is 3.46. The first-order chi connectivity index (χ1) is 9.32. The predicted octanol–water partition coefficient (Wildman–Crippen LogP) is 4.43. The molecule has 3 heteroatoms. The SMILES string of the molecule is Cc1ccc(SCCC(=O)N(C(C)C)C(C)C)cc1C. The van der Waals surface area contributed by atoms with Gasteiger partial charge in [-0.3, -0.25) is 4.79 Å². The van der Waals surface area contributed by atoms with Crippen LogP contribution in [0.4, 0.5) is 0 Å². The van der Waals surface area contributed by atoms with E-state index in [-0.39, 0.29) is 18.0 Å². The number of benzene rings is 1. The van der Waals surface area contributed by atoms with Gasteiger partial charge in [0.1, 0.15) is 0 Å². The van der Waals surface area contributed by atoms with Crippen LogP contribution in [0, 0.1) is 13.8 Å². The molecule has 0 atom stereocenters. The summed E-state index contributed by atoms with van der Waals surface area (Å²) in [6, 6.07) is 7.03. The first-order valence-electron chi connectivity index (χ1n) is 7.34. The molecular formula is C17H27NOS. The van der Waals surface area contributed by atoms with Gasteiger partial charge in [0.2, 0.25) is 5.91 Å². The summed E-state index contributed by atoms with van der Waals surface area (Å²) in [6.45, 7) is 12.6. The molecule has 20 heavy (non-hydrogen) atoms. The van der Waals surface area contributed by atoms with Crippen molar-refractivity contribution in [2.24, 2.45) is 0 Å². The molecule has 1 amide bonds. The molecule has 0 heterocycles. The zero-order chi connectivity index (χ0) is 15.3. The zero-order valence-corrected chi connectivity index (χ0v) is 14.4. The van der Waals surface area contributed by atoms with E-state index in [4.69, 9.17) is 0 Å². The summed E-state index contributed by atoms with van der Waals surface area (Å²) in [7, 11) is 0. The lowest BCUT2D eigenvalue weighted by Crippen LogP contribution is -2.42. The van der Waals surface area contributed by atoms with Gasteiger partial charge in [0.05, 0.1) is 0 Å². The number of carbonyl (C=O) groups is 1. The van der Waals surface area contributed by atoms with Gasteiger partial charge >= 0.3 is 0 Å². The number of thioether (sulfide) groups is 1. The molecule has 0 spiro atoms. The summed E-state index contributed by atoms with van der Waals surface area (Å²) < 4.78 is 0. The number of nitrogens with zero attached hydrogens (tertiary/aromatic N) is 1. The highest BCUT2D eigenvalue weighted by Crippen LogP contribution is 2.22. The van der Waals surface area contributed by atoms with Gasteiger partial charge in [0, 0.05) is 29.2 Å². The molecule has 0 saturated heterocycles. The maximum absolute atomic E-state index is 12.3. The molecule has 0 aliphatic carbocycles. The molecule has 1 rings (SSSR count). The van der Waals surface area contributed by atoms with Gasteiger partial charge in [-0.05, 0) is 64.8 Å². The average Bonchev–Trinajstić information content (AvgIpc) is 2.32. The van der Waals surface area contributed by atoms with E-state index in [1.165, 1.54) is 16.0 Å². The molecule has 2 nitrogen and oxygen atoms in total. The smallest absolute Gasteiger partial charge is 0.223 e. The number of hydrogen-bond acceptors (Lipinski definition) is 2. The normalized spacial score (nSPS) is 11.2. The molecule has 0 radical (unpaired) electrons. The molecule has 0 aromatic heterocycles. The molecule has 0 saturated carbocycles. The van der Waals surface area contributed by atoms with Crippen molar-refractivity contribution in [2.75, 3.05) is 5.75 Å². The molecule has 0 aliphatic rings. The topological polar surface area (TPSA) is 20.3 Å². The quantitative estimate of drug-likeness (QED) is 0.723. The predicted molar refractivity (Wildman–Crippen MR) is 88.4 cm³/mol. The van der Waals surface area contributed by atoms with Crippen molar-refractivity contribution >= 4 is 17.7 Å². The number of amides is 1. The Kier molecular flexibility index (Phi) is 6.60. The first kappa shape index (κ1) is 17.1. The van der Waals surface area contributed by atoms with Crippen molar-refractivity contribution in [3.63, 3.8) is 0 Å². The minimum atomic E-state index is 0.256. The maximum atomic E-state index is 12.3. The molecule has 0 N–H and O–H groups in total. The molecule has 112 valence electrons. The summed E-state index contributed by atoms with van der Waals surface area (Å²) in [5.74, 6) is 1.10. The summed E-state index contributed by atoms with van der Waals surface area (Å²) in [5, 5.41) is 0. The number of hydrogen-bond donors (Lipinski definition) is 0. The van der Waals surface area contributed by atoms with Gasteiger partial charge in [-0.2, -0.15) is 0 Å². The Balaban J connectivity index is 2.51. The molecular weight excluding hydrogens is 266 g/mol. The van der Waals surface area contributed by atoms with E-state index in [1.807, 2.05) is 4.90 Å². The zero-order valence-electron chi connectivity index (χ0n) is 13.6. The summed E-state index contributed by atoms with van der Waals surface area (Å²) in [6.07, 6.45) is 0.605. The van der Waals surface area contributed by atoms with Crippen LogP contribution in [0.3, 0.4) is 0 Å². The lowest BCUT2D eigenvalue weighted by molar-refractivity contribution is -0.134. The van der Waals surface area contributed by atoms with Crippen molar-refractivity contribution < 1.29 is 4.79 Å². The van der Waals surface area contributed by atoms with Crippen LogP contribution < -0.4 is 0 Å². The standard InChI is InChI=1S/C17H27NOS/c1-12(2)18(13(3)4)17(19)9-10-20-16-8-7-14(5)15(6)11-16/h7-8,11-13H,9-10H2,1-6H3. The lowest BCUT2D eigenvalue weighted by atomic mass is 10.1. The number of rotatable bonds is 6. The Hall–Kier alpha value is -0.960. The Morgan fingerprint density at radius 3 is 2.20 bits per heavy atom. The van der Waals surface area contributed by atoms with Gasteiger partial charge in [-0.15, -0.1) is 11.8 Å². The van der Waals surface area contributed by atoms with Crippen molar-refractivity contribution in [3.05, 3.63) is 29.3 Å². The average molecular weight is 293 g/mol. The van der Waals surface area contributed by atoms with Gasteiger partial charge < -0.3 is 4.90 Å². The Morgan fingerprint density at radius 2 is 1.70 bits per heavy atom. The van der Waals surface area contributed by atoms with E-state index < -0.39 is 0 Å². The van der Waals surface area contributed by atoms with Crippen LogP contribution in [0.2, 0.25) is 0 Å². The minimum absolute atomic E-state index is 0.256. The number of aryl methyl sites for hydroxylation is 2. The Morgan fingerprint density at radius 1 is 1.10 bits per heavy atom. The van der Waals surface area contributed by atoms with Crippen molar-refractivity contribution in [2.45, 2.75) is 64.9 Å². The van der Waals surface area contributed by atoms with Crippen LogP contribution >= 0.6 is 11.8 Å². The van der Waals surface area contributed by atoms with Crippen LogP contribution in [0.15, 0.2) is 23.1 Å². The minimum Gasteiger partial charge on any atom is -0.338 e. The summed E-state index contributed by atoms with van der Waals surface area (Å²) in [5.41, 5.74) is 2.63. The molecule has 1 aromatic rings. The summed E-state index contributed by atoms with van der Waals surface area (Å²) >= 11 is 1.76. The second-order valence-electron chi connectivity index (χ2n) is 5.83. The molecule has 0 fully saturated rings. The molecule has 0 aliphatic heterocycles. The fraction of sp³-hybridized carbons (Fsp3) is 0.588. The van der Waals surface area contributed by atoms with Crippen LogP contribution in [0.5, 0.6) is 0 Å². The van der Waals surface area contributed by atoms with Crippen LogP contribution in [0.25, 0.3) is 0 Å². The van der Waals surface area contributed by atoms with E-state index in [0.717, 1.165) is 5.75 Å². The highest BCUT2D eigenvalue weighted by atomic mass is 32.2. The van der Waals surface area contributed by atoms with Gasteiger partial charge in [0.15, 0.2) is 0 Å². The Labute approximate surface area is 127 Å². The third kappa shape index (κ3) is 4.86. The van der Waals surface area contributed by atoms with Crippen molar-refractivity contribution in [1.29, 1.82) is 0 Å². The lowest BCUT2D eigenvalue weighted by Gasteiger charge is -2.30. The first-order valence-corrected chi connectivity index (χ1v) is 8.32. The maximum Gasteiger partial charge on any atom is 0.223 e. The van der Waals surface area contributed by atoms with E-state index in [1.54, 1.807) is 11.8 Å².